The van der Waals surface area contributed by atoms with Gasteiger partial charge in [0.05, 0.1) is 17.2 Å². The molecule has 0 spiro atoms. The van der Waals surface area contributed by atoms with Gasteiger partial charge in [-0.2, -0.15) is 0 Å². The minimum Gasteiger partial charge on any atom is -0.367 e. The van der Waals surface area contributed by atoms with Gasteiger partial charge in [-0.3, -0.25) is 9.78 Å². The molecule has 5 rings (SSSR count). The van der Waals surface area contributed by atoms with Crippen molar-refractivity contribution in [3.63, 3.8) is 0 Å². The number of aromatic nitrogens is 2. The maximum absolute atomic E-state index is 13.5. The number of piperidine rings is 1. The summed E-state index contributed by atoms with van der Waals surface area (Å²) in [5.41, 5.74) is 1.25. The van der Waals surface area contributed by atoms with Gasteiger partial charge >= 0.3 is 0 Å². The summed E-state index contributed by atoms with van der Waals surface area (Å²) in [4.78, 5) is 23.7. The van der Waals surface area contributed by atoms with Crippen molar-refractivity contribution in [3.05, 3.63) is 78.0 Å². The number of anilines is 1. The maximum atomic E-state index is 13.5. The number of benzene rings is 3. The van der Waals surface area contributed by atoms with Gasteiger partial charge in [0.15, 0.2) is 11.6 Å². The Morgan fingerprint density at radius 1 is 1.00 bits per heavy atom. The van der Waals surface area contributed by atoms with Crippen LogP contribution >= 0.6 is 0 Å². The lowest BCUT2D eigenvalue weighted by Gasteiger charge is -2.36. The van der Waals surface area contributed by atoms with E-state index in [2.05, 4.69) is 15.3 Å². The van der Waals surface area contributed by atoms with Crippen molar-refractivity contribution in [1.29, 1.82) is 0 Å². The summed E-state index contributed by atoms with van der Waals surface area (Å²) < 4.78 is 26.9. The Kier molecular flexibility index (Phi) is 5.39. The van der Waals surface area contributed by atoms with E-state index in [1.165, 1.54) is 6.20 Å². The number of nitrogens with zero attached hydrogens (tertiary/aromatic N) is 3. The van der Waals surface area contributed by atoms with Crippen molar-refractivity contribution in [2.24, 2.45) is 0 Å². The lowest BCUT2D eigenvalue weighted by atomic mass is 9.99. The van der Waals surface area contributed by atoms with Crippen LogP contribution in [0.3, 0.4) is 0 Å². The first kappa shape index (κ1) is 20.3. The van der Waals surface area contributed by atoms with E-state index in [-0.39, 0.29) is 17.5 Å². The van der Waals surface area contributed by atoms with Gasteiger partial charge in [0.25, 0.3) is 5.91 Å². The zero-order chi connectivity index (χ0) is 22.1. The molecule has 1 atom stereocenters. The number of halogens is 2. The summed E-state index contributed by atoms with van der Waals surface area (Å²) in [5, 5.41) is 5.37. The second-order valence-electron chi connectivity index (χ2n) is 8.10. The smallest absolute Gasteiger partial charge is 0.254 e. The van der Waals surface area contributed by atoms with Crippen LogP contribution in [0.2, 0.25) is 0 Å². The van der Waals surface area contributed by atoms with Gasteiger partial charge < -0.3 is 10.2 Å². The largest absolute Gasteiger partial charge is 0.367 e. The molecule has 0 aliphatic carbocycles. The lowest BCUT2D eigenvalue weighted by Crippen LogP contribution is -2.47. The summed E-state index contributed by atoms with van der Waals surface area (Å²) in [5.74, 6) is -1.42. The highest BCUT2D eigenvalue weighted by Crippen LogP contribution is 2.23. The Hall–Kier alpha value is -3.61. The van der Waals surface area contributed by atoms with E-state index in [1.54, 1.807) is 0 Å². The van der Waals surface area contributed by atoms with Crippen LogP contribution in [0.25, 0.3) is 21.8 Å². The van der Waals surface area contributed by atoms with Gasteiger partial charge in [0.2, 0.25) is 0 Å². The fraction of sp³-hybridized carbons (Fsp3) is 0.240. The topological polar surface area (TPSA) is 58.1 Å². The molecule has 3 aromatic carbocycles. The monoisotopic (exact) mass is 432 g/mol. The van der Waals surface area contributed by atoms with Crippen LogP contribution in [0, 0.1) is 11.6 Å². The molecule has 1 aliphatic heterocycles. The predicted molar refractivity (Wildman–Crippen MR) is 121 cm³/mol. The Labute approximate surface area is 184 Å². The zero-order valence-corrected chi connectivity index (χ0v) is 17.4. The van der Waals surface area contributed by atoms with Gasteiger partial charge in [-0.05, 0) is 42.2 Å². The van der Waals surface area contributed by atoms with Crippen LogP contribution in [0.15, 0.2) is 60.8 Å². The van der Waals surface area contributed by atoms with Gasteiger partial charge in [0.1, 0.15) is 5.82 Å². The molecule has 162 valence electrons. The van der Waals surface area contributed by atoms with Gasteiger partial charge in [-0.15, -0.1) is 0 Å². The van der Waals surface area contributed by atoms with E-state index in [4.69, 9.17) is 0 Å². The van der Waals surface area contributed by atoms with Crippen molar-refractivity contribution in [3.8, 4) is 0 Å². The van der Waals surface area contributed by atoms with Crippen molar-refractivity contribution >= 4 is 33.5 Å². The minimum absolute atomic E-state index is 0.00479. The Bertz CT molecular complexity index is 1310. The molecule has 32 heavy (non-hydrogen) atoms. The van der Waals surface area contributed by atoms with Crippen LogP contribution in [-0.2, 0) is 0 Å². The first-order valence-corrected chi connectivity index (χ1v) is 10.7. The van der Waals surface area contributed by atoms with E-state index in [1.807, 2.05) is 47.4 Å². The molecule has 4 aromatic rings. The number of likely N-dealkylation sites (tertiary alicyclic amines) is 1. The third kappa shape index (κ3) is 3.98. The molecule has 1 aliphatic rings. The molecule has 0 radical (unpaired) electrons. The second-order valence-corrected chi connectivity index (χ2v) is 8.10. The van der Waals surface area contributed by atoms with Crippen molar-refractivity contribution in [2.45, 2.75) is 25.3 Å². The van der Waals surface area contributed by atoms with Gasteiger partial charge in [-0.1, -0.05) is 30.3 Å². The molecule has 1 fully saturated rings. The van der Waals surface area contributed by atoms with Crippen LogP contribution in [0.4, 0.5) is 14.6 Å². The van der Waals surface area contributed by atoms with Crippen LogP contribution in [0.5, 0.6) is 0 Å². The zero-order valence-electron chi connectivity index (χ0n) is 17.4. The summed E-state index contributed by atoms with van der Waals surface area (Å²) in [6, 6.07) is 15.9. The third-order valence-electron chi connectivity index (χ3n) is 5.99. The SMILES string of the molecule is O=C(c1ccc2ccccc2c1)N1CCCC[C@H]1CNc1cnc2cc(F)c(F)cc2n1. The van der Waals surface area contributed by atoms with E-state index < -0.39 is 11.6 Å². The normalized spacial score (nSPS) is 16.4. The molecule has 0 bridgehead atoms. The summed E-state index contributed by atoms with van der Waals surface area (Å²) in [7, 11) is 0. The third-order valence-corrected chi connectivity index (χ3v) is 5.99. The average molecular weight is 432 g/mol. The van der Waals surface area contributed by atoms with Gasteiger partial charge in [0, 0.05) is 36.8 Å². The molecule has 1 N–H and O–H groups in total. The number of amides is 1. The van der Waals surface area contributed by atoms with E-state index in [0.29, 0.717) is 30.0 Å². The lowest BCUT2D eigenvalue weighted by molar-refractivity contribution is 0.0628. The summed E-state index contributed by atoms with van der Waals surface area (Å²) in [6.45, 7) is 1.20. The number of hydrogen-bond donors (Lipinski definition) is 1. The first-order chi connectivity index (χ1) is 15.6. The number of rotatable bonds is 4. The number of hydrogen-bond acceptors (Lipinski definition) is 4. The van der Waals surface area contributed by atoms with E-state index >= 15 is 0 Å². The quantitative estimate of drug-likeness (QED) is 0.484. The molecular formula is C25H22F2N4O. The standard InChI is InChI=1S/C25H22F2N4O/c26-20-12-22-23(13-21(20)27)30-24(15-28-22)29-14-19-7-3-4-10-31(19)25(32)18-9-8-16-5-1-2-6-17(16)11-18/h1-2,5-6,8-9,11-13,15,19H,3-4,7,10,14H2,(H,29,30)/t19-/m0/s1. The molecule has 0 unspecified atom stereocenters. The second kappa shape index (κ2) is 8.49. The highest BCUT2D eigenvalue weighted by molar-refractivity contribution is 5.98. The molecule has 0 saturated carbocycles. The highest BCUT2D eigenvalue weighted by Gasteiger charge is 2.27. The molecule has 5 nitrogen and oxygen atoms in total. The molecule has 1 aromatic heterocycles. The van der Waals surface area contributed by atoms with Crippen LogP contribution in [0.1, 0.15) is 29.6 Å². The van der Waals surface area contributed by atoms with Crippen molar-refractivity contribution < 1.29 is 13.6 Å². The predicted octanol–water partition coefficient (Wildman–Crippen LogP) is 5.17. The highest BCUT2D eigenvalue weighted by atomic mass is 19.2. The van der Waals surface area contributed by atoms with Crippen LogP contribution < -0.4 is 5.32 Å². The number of carbonyl (C=O) groups is 1. The first-order valence-electron chi connectivity index (χ1n) is 10.7. The molecule has 7 heteroatoms. The number of nitrogens with one attached hydrogen (secondary N) is 1. The minimum atomic E-state index is -0.955. The Balaban J connectivity index is 1.33. The molecule has 1 saturated heterocycles. The molecule has 2 heterocycles. The molecule has 1 amide bonds. The Morgan fingerprint density at radius 2 is 1.78 bits per heavy atom. The summed E-state index contributed by atoms with van der Waals surface area (Å²) in [6.07, 6.45) is 4.39. The Morgan fingerprint density at radius 3 is 2.62 bits per heavy atom. The maximum Gasteiger partial charge on any atom is 0.254 e. The van der Waals surface area contributed by atoms with Crippen molar-refractivity contribution in [1.82, 2.24) is 14.9 Å². The van der Waals surface area contributed by atoms with E-state index in [0.717, 1.165) is 42.2 Å². The van der Waals surface area contributed by atoms with E-state index in [9.17, 15) is 13.6 Å². The fourth-order valence-electron chi connectivity index (χ4n) is 4.28. The van der Waals surface area contributed by atoms with Crippen molar-refractivity contribution in [2.75, 3.05) is 18.4 Å². The summed E-state index contributed by atoms with van der Waals surface area (Å²) >= 11 is 0. The molecular weight excluding hydrogens is 410 g/mol. The van der Waals surface area contributed by atoms with Crippen LogP contribution in [-0.4, -0.2) is 39.9 Å². The average Bonchev–Trinajstić information content (AvgIpc) is 2.83. The number of carbonyl (C=O) groups excluding carboxylic acids is 1. The number of fused-ring (bicyclic) bond motifs is 2. The van der Waals surface area contributed by atoms with Gasteiger partial charge in [-0.25, -0.2) is 13.8 Å². The fourth-order valence-corrected chi connectivity index (χ4v) is 4.28.